The molecule has 4 aromatic rings. The molecule has 0 radical (unpaired) electrons. The van der Waals surface area contributed by atoms with Gasteiger partial charge in [-0.2, -0.15) is 0 Å². The minimum atomic E-state index is 0.720. The molecule has 0 aliphatic rings. The molecule has 0 saturated heterocycles. The Balaban J connectivity index is 0.000000240. The Bertz CT molecular complexity index is 1070. The molecule has 36 heavy (non-hydrogen) atoms. The zero-order valence-electron chi connectivity index (χ0n) is 21.5. The van der Waals surface area contributed by atoms with Gasteiger partial charge in [0.1, 0.15) is 0 Å². The van der Waals surface area contributed by atoms with E-state index in [1.165, 1.54) is 0 Å². The topological polar surface area (TPSA) is 208 Å². The second-order valence-electron chi connectivity index (χ2n) is 8.46. The first-order valence-corrected chi connectivity index (χ1v) is 11.3. The van der Waals surface area contributed by atoms with Crippen LogP contribution >= 0.6 is 0 Å². The molecule has 0 amide bonds. The highest BCUT2D eigenvalue weighted by molar-refractivity contribution is 5.58. The maximum atomic E-state index is 5.54. The van der Waals surface area contributed by atoms with E-state index in [0.717, 1.165) is 67.8 Å². The predicted octanol–water partition coefficient (Wildman–Crippen LogP) is 4.64. The van der Waals surface area contributed by atoms with Crippen LogP contribution in [0.2, 0.25) is 0 Å². The summed E-state index contributed by atoms with van der Waals surface area (Å²) in [5.74, 6) is 0. The summed E-state index contributed by atoms with van der Waals surface area (Å²) in [5, 5.41) is 0. The van der Waals surface area contributed by atoms with E-state index in [2.05, 4.69) is 0 Å². The number of anilines is 8. The summed E-state index contributed by atoms with van der Waals surface area (Å²) in [5.41, 5.74) is 54.2. The summed E-state index contributed by atoms with van der Waals surface area (Å²) in [6, 6.07) is 22.0. The Morgan fingerprint density at radius 3 is 0.583 bits per heavy atom. The second-order valence-corrected chi connectivity index (χ2v) is 8.46. The van der Waals surface area contributed by atoms with Gasteiger partial charge in [0.25, 0.3) is 0 Å². The number of aryl methyl sites for hydroxylation is 4. The molecular formula is C28H40N8. The minimum Gasteiger partial charge on any atom is -0.399 e. The van der Waals surface area contributed by atoms with Crippen molar-refractivity contribution >= 4 is 45.5 Å². The van der Waals surface area contributed by atoms with Crippen LogP contribution < -0.4 is 45.9 Å². The van der Waals surface area contributed by atoms with Gasteiger partial charge in [-0.15, -0.1) is 0 Å². The van der Waals surface area contributed by atoms with Crippen molar-refractivity contribution in [2.24, 2.45) is 0 Å². The molecule has 192 valence electrons. The van der Waals surface area contributed by atoms with E-state index in [9.17, 15) is 0 Å². The molecule has 0 aromatic heterocycles. The van der Waals surface area contributed by atoms with Crippen LogP contribution in [0.15, 0.2) is 72.8 Å². The molecule has 0 aliphatic heterocycles. The number of hydrogen-bond donors (Lipinski definition) is 8. The van der Waals surface area contributed by atoms with Crippen LogP contribution in [0.3, 0.4) is 0 Å². The molecule has 8 nitrogen and oxygen atoms in total. The van der Waals surface area contributed by atoms with Crippen LogP contribution in [-0.4, -0.2) is 0 Å². The van der Waals surface area contributed by atoms with Gasteiger partial charge in [-0.25, -0.2) is 0 Å². The van der Waals surface area contributed by atoms with E-state index in [0.29, 0.717) is 0 Å². The highest BCUT2D eigenvalue weighted by Crippen LogP contribution is 2.15. The second kappa shape index (κ2) is 13.9. The zero-order valence-corrected chi connectivity index (χ0v) is 21.5. The van der Waals surface area contributed by atoms with Gasteiger partial charge in [-0.1, -0.05) is 24.3 Å². The number of benzene rings is 4. The van der Waals surface area contributed by atoms with Crippen LogP contribution in [0.4, 0.5) is 45.5 Å². The van der Waals surface area contributed by atoms with Gasteiger partial charge in [0.15, 0.2) is 0 Å². The first-order chi connectivity index (χ1) is 16.8. The van der Waals surface area contributed by atoms with E-state index in [1.807, 2.05) is 76.2 Å². The Morgan fingerprint density at radius 2 is 0.472 bits per heavy atom. The predicted molar refractivity (Wildman–Crippen MR) is 160 cm³/mol. The van der Waals surface area contributed by atoms with Crippen LogP contribution in [0, 0.1) is 27.7 Å². The Labute approximate surface area is 214 Å². The SMILES string of the molecule is Cc1ccc(N)cc1N.Cc1ccc(N)cc1N.Cc1ccc(N)cc1N.Cc1ccc(N)cc1N. The van der Waals surface area contributed by atoms with Crippen molar-refractivity contribution in [1.82, 2.24) is 0 Å². The summed E-state index contributed by atoms with van der Waals surface area (Å²) < 4.78 is 0. The summed E-state index contributed by atoms with van der Waals surface area (Å²) in [6.07, 6.45) is 0. The third-order valence-corrected chi connectivity index (χ3v) is 5.21. The molecule has 4 rings (SSSR count). The van der Waals surface area contributed by atoms with Crippen molar-refractivity contribution in [1.29, 1.82) is 0 Å². The minimum absolute atomic E-state index is 0.720. The van der Waals surface area contributed by atoms with E-state index in [4.69, 9.17) is 45.9 Å². The molecule has 0 unspecified atom stereocenters. The molecule has 0 aliphatic carbocycles. The summed E-state index contributed by atoms with van der Waals surface area (Å²) in [6.45, 7) is 7.81. The fourth-order valence-electron chi connectivity index (χ4n) is 2.64. The van der Waals surface area contributed by atoms with Gasteiger partial charge in [-0.3, -0.25) is 0 Å². The van der Waals surface area contributed by atoms with Crippen molar-refractivity contribution in [2.45, 2.75) is 27.7 Å². The first-order valence-electron chi connectivity index (χ1n) is 11.3. The molecule has 0 saturated carbocycles. The fraction of sp³-hybridized carbons (Fsp3) is 0.143. The average molecular weight is 489 g/mol. The third kappa shape index (κ3) is 10.5. The van der Waals surface area contributed by atoms with Gasteiger partial charge in [0.2, 0.25) is 0 Å². The van der Waals surface area contributed by atoms with Gasteiger partial charge in [0.05, 0.1) is 0 Å². The lowest BCUT2D eigenvalue weighted by atomic mass is 10.2. The summed E-state index contributed by atoms with van der Waals surface area (Å²) in [7, 11) is 0. The summed E-state index contributed by atoms with van der Waals surface area (Å²) >= 11 is 0. The Hall–Kier alpha value is -4.72. The monoisotopic (exact) mass is 488 g/mol. The Kier molecular flexibility index (Phi) is 11.3. The highest BCUT2D eigenvalue weighted by atomic mass is 14.6. The van der Waals surface area contributed by atoms with Gasteiger partial charge in [0, 0.05) is 45.5 Å². The van der Waals surface area contributed by atoms with Crippen molar-refractivity contribution < 1.29 is 0 Å². The summed E-state index contributed by atoms with van der Waals surface area (Å²) in [4.78, 5) is 0. The molecule has 0 spiro atoms. The molecule has 0 heterocycles. The van der Waals surface area contributed by atoms with Crippen LogP contribution in [-0.2, 0) is 0 Å². The lowest BCUT2D eigenvalue weighted by molar-refractivity contribution is 1.47. The number of nitrogens with two attached hydrogens (primary N) is 8. The van der Waals surface area contributed by atoms with Crippen LogP contribution in [0.25, 0.3) is 0 Å². The quantitative estimate of drug-likeness (QED) is 0.163. The number of rotatable bonds is 0. The highest BCUT2D eigenvalue weighted by Gasteiger charge is 1.92. The Morgan fingerprint density at radius 1 is 0.306 bits per heavy atom. The lowest BCUT2D eigenvalue weighted by Gasteiger charge is -1.98. The molecular weight excluding hydrogens is 448 g/mol. The van der Waals surface area contributed by atoms with E-state index < -0.39 is 0 Å². The standard InChI is InChI=1S/4C7H10N2/c4*1-5-2-3-6(8)4-7(5)9/h4*2-4H,8-9H2,1H3. The molecule has 8 heteroatoms. The largest absolute Gasteiger partial charge is 0.399 e. The average Bonchev–Trinajstić information content (AvgIpc) is 2.81. The zero-order chi connectivity index (χ0) is 27.4. The maximum absolute atomic E-state index is 5.54. The van der Waals surface area contributed by atoms with E-state index >= 15 is 0 Å². The van der Waals surface area contributed by atoms with E-state index in [1.54, 1.807) is 24.3 Å². The van der Waals surface area contributed by atoms with Crippen LogP contribution in [0.5, 0.6) is 0 Å². The molecule has 0 fully saturated rings. The smallest absolute Gasteiger partial charge is 0.0364 e. The normalized spacial score (nSPS) is 9.44. The van der Waals surface area contributed by atoms with Crippen molar-refractivity contribution in [2.75, 3.05) is 45.9 Å². The lowest BCUT2D eigenvalue weighted by Crippen LogP contribution is -1.91. The van der Waals surface area contributed by atoms with Crippen LogP contribution in [0.1, 0.15) is 22.3 Å². The van der Waals surface area contributed by atoms with Gasteiger partial charge < -0.3 is 45.9 Å². The maximum Gasteiger partial charge on any atom is 0.0364 e. The molecule has 0 atom stereocenters. The van der Waals surface area contributed by atoms with Gasteiger partial charge >= 0.3 is 0 Å². The molecule has 4 aromatic carbocycles. The van der Waals surface area contributed by atoms with E-state index in [-0.39, 0.29) is 0 Å². The van der Waals surface area contributed by atoms with Crippen molar-refractivity contribution in [3.05, 3.63) is 95.1 Å². The fourth-order valence-corrected chi connectivity index (χ4v) is 2.64. The molecule has 16 N–H and O–H groups in total. The van der Waals surface area contributed by atoms with Crippen molar-refractivity contribution in [3.8, 4) is 0 Å². The van der Waals surface area contributed by atoms with Gasteiger partial charge in [-0.05, 0) is 98.5 Å². The first kappa shape index (κ1) is 29.3. The third-order valence-electron chi connectivity index (χ3n) is 5.21. The number of hydrogen-bond acceptors (Lipinski definition) is 8. The molecule has 0 bridgehead atoms. The van der Waals surface area contributed by atoms with Crippen molar-refractivity contribution in [3.63, 3.8) is 0 Å². The number of nitrogen functional groups attached to an aromatic ring is 8.